The van der Waals surface area contributed by atoms with Crippen molar-refractivity contribution >= 4 is 23.3 Å². The lowest BCUT2D eigenvalue weighted by molar-refractivity contribution is -0.385. The summed E-state index contributed by atoms with van der Waals surface area (Å²) in [7, 11) is 0. The van der Waals surface area contributed by atoms with Crippen molar-refractivity contribution in [3.05, 3.63) is 64.0 Å². The third-order valence-electron chi connectivity index (χ3n) is 3.36. The van der Waals surface area contributed by atoms with E-state index in [0.29, 0.717) is 5.69 Å². The second kappa shape index (κ2) is 7.30. The summed E-state index contributed by atoms with van der Waals surface area (Å²) in [5.41, 5.74) is -0.737. The van der Waals surface area contributed by atoms with Crippen LogP contribution in [0.2, 0.25) is 0 Å². The number of carbonyl (C=O) groups excluding carboxylic acids is 2. The maximum Gasteiger partial charge on any atom is 0.343 e. The number of nitro groups is 1. The molecule has 0 spiro atoms. The number of anilines is 1. The van der Waals surface area contributed by atoms with Crippen LogP contribution in [0.4, 0.5) is 15.8 Å². The first-order valence-electron chi connectivity index (χ1n) is 7.65. The molecular weight excluding hydrogens is 343 g/mol. The van der Waals surface area contributed by atoms with Crippen LogP contribution in [0.1, 0.15) is 31.1 Å². The fourth-order valence-corrected chi connectivity index (χ4v) is 1.92. The summed E-state index contributed by atoms with van der Waals surface area (Å²) in [5, 5.41) is 13.6. The Morgan fingerprint density at radius 3 is 2.46 bits per heavy atom. The summed E-state index contributed by atoms with van der Waals surface area (Å²) >= 11 is 0. The first kappa shape index (κ1) is 19.0. The van der Waals surface area contributed by atoms with Crippen LogP contribution in [0.5, 0.6) is 5.75 Å². The molecule has 0 unspecified atom stereocenters. The molecule has 0 atom stereocenters. The van der Waals surface area contributed by atoms with Crippen LogP contribution in [0.15, 0.2) is 42.5 Å². The van der Waals surface area contributed by atoms with Crippen LogP contribution >= 0.6 is 0 Å². The predicted molar refractivity (Wildman–Crippen MR) is 92.5 cm³/mol. The van der Waals surface area contributed by atoms with Gasteiger partial charge in [-0.15, -0.1) is 0 Å². The summed E-state index contributed by atoms with van der Waals surface area (Å²) in [6.07, 6.45) is 0. The van der Waals surface area contributed by atoms with Crippen LogP contribution in [0.25, 0.3) is 0 Å². The Morgan fingerprint density at radius 2 is 1.85 bits per heavy atom. The Kier molecular flexibility index (Phi) is 5.35. The number of nitrogens with zero attached hydrogens (tertiary/aromatic N) is 1. The quantitative estimate of drug-likeness (QED) is 0.385. The van der Waals surface area contributed by atoms with E-state index in [0.717, 1.165) is 18.2 Å². The van der Waals surface area contributed by atoms with Gasteiger partial charge in [-0.3, -0.25) is 14.9 Å². The van der Waals surface area contributed by atoms with Gasteiger partial charge in [0, 0.05) is 23.2 Å². The van der Waals surface area contributed by atoms with Crippen LogP contribution < -0.4 is 10.1 Å². The van der Waals surface area contributed by atoms with E-state index in [-0.39, 0.29) is 11.5 Å². The molecule has 2 aromatic carbocycles. The van der Waals surface area contributed by atoms with E-state index in [1.54, 1.807) is 26.8 Å². The topological polar surface area (TPSA) is 98.5 Å². The summed E-state index contributed by atoms with van der Waals surface area (Å²) in [6, 6.07) is 8.48. The lowest BCUT2D eigenvalue weighted by Gasteiger charge is -2.17. The van der Waals surface area contributed by atoms with Gasteiger partial charge in [0.25, 0.3) is 0 Å². The van der Waals surface area contributed by atoms with E-state index in [2.05, 4.69) is 5.32 Å². The molecule has 26 heavy (non-hydrogen) atoms. The number of halogens is 1. The molecule has 136 valence electrons. The number of ether oxygens (including phenoxy) is 1. The molecule has 0 saturated heterocycles. The van der Waals surface area contributed by atoms with Crippen LogP contribution in [0.3, 0.4) is 0 Å². The molecule has 0 radical (unpaired) electrons. The molecule has 0 fully saturated rings. The molecule has 0 aliphatic carbocycles. The van der Waals surface area contributed by atoms with Gasteiger partial charge in [0.15, 0.2) is 0 Å². The molecule has 0 heterocycles. The average Bonchev–Trinajstić information content (AvgIpc) is 2.54. The van der Waals surface area contributed by atoms with Gasteiger partial charge in [-0.2, -0.15) is 0 Å². The van der Waals surface area contributed by atoms with Crippen molar-refractivity contribution in [3.63, 3.8) is 0 Å². The van der Waals surface area contributed by atoms with Crippen molar-refractivity contribution < 1.29 is 23.6 Å². The number of hydrogen-bond acceptors (Lipinski definition) is 5. The fraction of sp³-hybridized carbons (Fsp3) is 0.222. The molecule has 0 aliphatic rings. The minimum Gasteiger partial charge on any atom is -0.415 e. The van der Waals surface area contributed by atoms with Crippen LogP contribution in [-0.4, -0.2) is 16.8 Å². The van der Waals surface area contributed by atoms with Crippen molar-refractivity contribution in [2.75, 3.05) is 5.32 Å². The van der Waals surface area contributed by atoms with Crippen molar-refractivity contribution in [3.8, 4) is 5.75 Å². The Bertz CT molecular complexity index is 874. The number of nitro benzene ring substituents is 1. The highest BCUT2D eigenvalue weighted by atomic mass is 19.1. The first-order chi connectivity index (χ1) is 12.1. The Labute approximate surface area is 148 Å². The molecule has 2 rings (SSSR count). The molecule has 7 nitrogen and oxygen atoms in total. The summed E-state index contributed by atoms with van der Waals surface area (Å²) in [6.45, 7) is 5.22. The van der Waals surface area contributed by atoms with Gasteiger partial charge in [0.2, 0.25) is 11.7 Å². The molecule has 1 N–H and O–H groups in total. The Hall–Kier alpha value is -3.29. The fourth-order valence-electron chi connectivity index (χ4n) is 1.92. The summed E-state index contributed by atoms with van der Waals surface area (Å²) in [5.74, 6) is -2.43. The van der Waals surface area contributed by atoms with Gasteiger partial charge in [0.05, 0.1) is 10.5 Å². The molecule has 0 aromatic heterocycles. The predicted octanol–water partition coefficient (Wildman–Crippen LogP) is 3.94. The first-order valence-corrected chi connectivity index (χ1v) is 7.65. The summed E-state index contributed by atoms with van der Waals surface area (Å²) in [4.78, 5) is 34.5. The second-order valence-electron chi connectivity index (χ2n) is 6.54. The summed E-state index contributed by atoms with van der Waals surface area (Å²) < 4.78 is 18.3. The van der Waals surface area contributed by atoms with Gasteiger partial charge in [-0.1, -0.05) is 26.8 Å². The minimum absolute atomic E-state index is 0.0512. The lowest BCUT2D eigenvalue weighted by atomic mass is 9.95. The van der Waals surface area contributed by atoms with Crippen LogP contribution in [-0.2, 0) is 4.79 Å². The molecule has 1 amide bonds. The standard InChI is InChI=1S/C18H17FN2O5/c1-18(2,3)17(23)20-13-6-4-5-11(9-13)16(22)26-15-10-12(19)7-8-14(15)21(24)25/h4-10H,1-3H3,(H,20,23). The van der Waals surface area contributed by atoms with E-state index in [9.17, 15) is 24.1 Å². The molecule has 0 bridgehead atoms. The number of esters is 1. The molecule has 2 aromatic rings. The molecular formula is C18H17FN2O5. The zero-order chi connectivity index (χ0) is 19.5. The highest BCUT2D eigenvalue weighted by Gasteiger charge is 2.22. The lowest BCUT2D eigenvalue weighted by Crippen LogP contribution is -2.27. The Morgan fingerprint density at radius 1 is 1.15 bits per heavy atom. The number of hydrogen-bond donors (Lipinski definition) is 1. The van der Waals surface area contributed by atoms with E-state index < -0.39 is 33.6 Å². The SMILES string of the molecule is CC(C)(C)C(=O)Nc1cccc(C(=O)Oc2cc(F)ccc2[N+](=O)[O-])c1. The number of rotatable bonds is 4. The average molecular weight is 360 g/mol. The van der Waals surface area contributed by atoms with Gasteiger partial charge in [-0.25, -0.2) is 9.18 Å². The normalized spacial score (nSPS) is 10.9. The maximum absolute atomic E-state index is 13.3. The van der Waals surface area contributed by atoms with E-state index in [1.807, 2.05) is 0 Å². The zero-order valence-corrected chi connectivity index (χ0v) is 14.4. The van der Waals surface area contributed by atoms with Gasteiger partial charge < -0.3 is 10.1 Å². The van der Waals surface area contributed by atoms with Gasteiger partial charge in [0.1, 0.15) is 5.82 Å². The van der Waals surface area contributed by atoms with Crippen molar-refractivity contribution in [2.24, 2.45) is 5.41 Å². The van der Waals surface area contributed by atoms with Crippen molar-refractivity contribution in [1.82, 2.24) is 0 Å². The number of carbonyl (C=O) groups is 2. The zero-order valence-electron chi connectivity index (χ0n) is 14.4. The largest absolute Gasteiger partial charge is 0.415 e. The van der Waals surface area contributed by atoms with Gasteiger partial charge in [-0.05, 0) is 24.3 Å². The maximum atomic E-state index is 13.3. The van der Waals surface area contributed by atoms with Gasteiger partial charge >= 0.3 is 11.7 Å². The van der Waals surface area contributed by atoms with Crippen molar-refractivity contribution in [1.29, 1.82) is 0 Å². The van der Waals surface area contributed by atoms with E-state index in [1.165, 1.54) is 18.2 Å². The highest BCUT2D eigenvalue weighted by Crippen LogP contribution is 2.28. The number of nitrogens with one attached hydrogen (secondary N) is 1. The molecule has 0 aliphatic heterocycles. The Balaban J connectivity index is 2.24. The number of amides is 1. The number of benzene rings is 2. The molecule has 8 heteroatoms. The van der Waals surface area contributed by atoms with E-state index in [4.69, 9.17) is 4.74 Å². The van der Waals surface area contributed by atoms with Crippen molar-refractivity contribution in [2.45, 2.75) is 20.8 Å². The highest BCUT2D eigenvalue weighted by molar-refractivity contribution is 5.97. The minimum atomic E-state index is -0.912. The monoisotopic (exact) mass is 360 g/mol. The second-order valence-corrected chi connectivity index (χ2v) is 6.54. The third-order valence-corrected chi connectivity index (χ3v) is 3.36. The third kappa shape index (κ3) is 4.62. The van der Waals surface area contributed by atoms with E-state index >= 15 is 0 Å². The smallest absolute Gasteiger partial charge is 0.343 e. The van der Waals surface area contributed by atoms with Crippen LogP contribution in [0, 0.1) is 21.3 Å². The molecule has 0 saturated carbocycles.